The van der Waals surface area contributed by atoms with E-state index in [1.807, 2.05) is 0 Å². The van der Waals surface area contributed by atoms with Gasteiger partial charge >= 0.3 is 4.87 Å². The Kier molecular flexibility index (Phi) is 8.82. The van der Waals surface area contributed by atoms with Crippen molar-refractivity contribution in [3.05, 3.63) is 91.3 Å². The fraction of sp³-hybridized carbons (Fsp3) is 0.200. The fourth-order valence-electron chi connectivity index (χ4n) is 5.39. The molecule has 3 atom stereocenters. The third-order valence-corrected chi connectivity index (χ3v) is 11.2. The number of carbonyl (C=O) groups is 3. The van der Waals surface area contributed by atoms with Crippen LogP contribution in [0.4, 0.5) is 11.4 Å². The number of nitrogens with one attached hydrogen (secondary N) is 2. The summed E-state index contributed by atoms with van der Waals surface area (Å²) in [6.45, 7) is 1.67. The lowest BCUT2D eigenvalue weighted by Gasteiger charge is -2.30. The summed E-state index contributed by atoms with van der Waals surface area (Å²) in [7, 11) is -3.87. The van der Waals surface area contributed by atoms with E-state index in [9.17, 15) is 27.6 Å². The van der Waals surface area contributed by atoms with Crippen molar-refractivity contribution in [1.82, 2.24) is 4.98 Å². The van der Waals surface area contributed by atoms with Gasteiger partial charge in [0.15, 0.2) is 18.1 Å². The van der Waals surface area contributed by atoms with Crippen molar-refractivity contribution in [3.63, 3.8) is 0 Å². The number of thioether (sulfide) groups is 1. The molecule has 46 heavy (non-hydrogen) atoms. The van der Waals surface area contributed by atoms with Crippen molar-refractivity contribution >= 4 is 78.1 Å². The van der Waals surface area contributed by atoms with Crippen molar-refractivity contribution in [2.45, 2.75) is 28.0 Å². The van der Waals surface area contributed by atoms with E-state index in [-0.39, 0.29) is 40.5 Å². The minimum atomic E-state index is -3.87. The van der Waals surface area contributed by atoms with Crippen molar-refractivity contribution in [3.8, 4) is 11.5 Å². The Morgan fingerprint density at radius 1 is 1.00 bits per heavy atom. The number of primary sulfonamides is 1. The number of sulfonamides is 1. The predicted molar refractivity (Wildman–Crippen MR) is 176 cm³/mol. The van der Waals surface area contributed by atoms with Crippen LogP contribution >= 0.6 is 39.0 Å². The number of hydrogen-bond acceptors (Lipinski definition) is 10. The quantitative estimate of drug-likeness (QED) is 0.213. The van der Waals surface area contributed by atoms with Crippen LogP contribution in [0.2, 0.25) is 0 Å². The standard InChI is InChI=1S/C30H25BrN4O8S3/c1-2-42-21-13-15(3-12-20(21)43-14-22(36)33-17-6-10-19(11-7-17)46(32,40)41)23-24-26(44-27-25(23)45-30(39)34-27)29(38)35(28(24)37)18-8-4-16(31)5-9-18/h3-13,23-24,26H,2,14H2,1H3,(H,33,36)(H,34,39)(H2,32,40,41)/t23-,24?,26?/m1/s1. The highest BCUT2D eigenvalue weighted by molar-refractivity contribution is 9.10. The Bertz CT molecular complexity index is 2010. The minimum absolute atomic E-state index is 0.0881. The number of nitrogens with zero attached hydrogens (tertiary/aromatic N) is 1. The third kappa shape index (κ3) is 6.22. The van der Waals surface area contributed by atoms with E-state index in [0.29, 0.717) is 32.6 Å². The number of hydrogen-bond donors (Lipinski definition) is 3. The monoisotopic (exact) mass is 744 g/mol. The molecule has 16 heteroatoms. The van der Waals surface area contributed by atoms with Gasteiger partial charge in [0.05, 0.1) is 28.1 Å². The average Bonchev–Trinajstić information content (AvgIpc) is 3.51. The summed E-state index contributed by atoms with van der Waals surface area (Å²) in [5, 5.41) is 7.53. The molecule has 2 aliphatic heterocycles. The number of halogens is 1. The molecule has 3 heterocycles. The lowest BCUT2D eigenvalue weighted by molar-refractivity contribution is -0.122. The predicted octanol–water partition coefficient (Wildman–Crippen LogP) is 4.06. The van der Waals surface area contributed by atoms with Crippen LogP contribution in [0.25, 0.3) is 0 Å². The van der Waals surface area contributed by atoms with E-state index in [1.165, 1.54) is 40.9 Å². The van der Waals surface area contributed by atoms with Crippen LogP contribution in [0.5, 0.6) is 11.5 Å². The summed E-state index contributed by atoms with van der Waals surface area (Å²) in [5.74, 6) is -2.07. The van der Waals surface area contributed by atoms with E-state index in [2.05, 4.69) is 26.2 Å². The first-order valence-electron chi connectivity index (χ1n) is 13.8. The second kappa shape index (κ2) is 12.7. The maximum absolute atomic E-state index is 14.0. The lowest BCUT2D eigenvalue weighted by Crippen LogP contribution is -2.32. The van der Waals surface area contributed by atoms with Crippen LogP contribution in [0.1, 0.15) is 23.3 Å². The second-order valence-electron chi connectivity index (χ2n) is 10.3. The zero-order chi connectivity index (χ0) is 32.7. The van der Waals surface area contributed by atoms with Crippen LogP contribution < -0.4 is 29.7 Å². The molecule has 3 aromatic carbocycles. The first kappa shape index (κ1) is 32.0. The summed E-state index contributed by atoms with van der Waals surface area (Å²) in [6, 6.07) is 17.3. The van der Waals surface area contributed by atoms with Gasteiger partial charge in [-0.2, -0.15) is 0 Å². The average molecular weight is 746 g/mol. The van der Waals surface area contributed by atoms with Gasteiger partial charge in [-0.1, -0.05) is 45.1 Å². The fourth-order valence-corrected chi connectivity index (χ4v) is 8.69. The molecule has 0 bridgehead atoms. The lowest BCUT2D eigenvalue weighted by atomic mass is 9.83. The molecule has 1 aromatic heterocycles. The number of aromatic amines is 1. The highest BCUT2D eigenvalue weighted by atomic mass is 79.9. The number of nitrogens with two attached hydrogens (primary N) is 1. The first-order valence-corrected chi connectivity index (χ1v) is 17.8. The van der Waals surface area contributed by atoms with Crippen molar-refractivity contribution in [1.29, 1.82) is 0 Å². The number of ether oxygens (including phenoxy) is 2. The number of H-pyrrole nitrogens is 1. The summed E-state index contributed by atoms with van der Waals surface area (Å²) >= 11 is 5.57. The van der Waals surface area contributed by atoms with Gasteiger partial charge in [0.1, 0.15) is 5.25 Å². The largest absolute Gasteiger partial charge is 0.490 e. The van der Waals surface area contributed by atoms with Crippen molar-refractivity contribution in [2.75, 3.05) is 23.4 Å². The number of thiazole rings is 1. The molecule has 12 nitrogen and oxygen atoms in total. The van der Waals surface area contributed by atoms with Crippen molar-refractivity contribution in [2.24, 2.45) is 11.1 Å². The summed E-state index contributed by atoms with van der Waals surface area (Å²) in [6.07, 6.45) is 0. The summed E-state index contributed by atoms with van der Waals surface area (Å²) in [4.78, 5) is 57.0. The van der Waals surface area contributed by atoms with Crippen molar-refractivity contribution < 1.29 is 32.3 Å². The maximum Gasteiger partial charge on any atom is 0.305 e. The highest BCUT2D eigenvalue weighted by Crippen LogP contribution is 2.53. The summed E-state index contributed by atoms with van der Waals surface area (Å²) < 4.78 is 35.4. The number of amides is 3. The van der Waals surface area contributed by atoms with Crippen LogP contribution in [-0.2, 0) is 24.4 Å². The van der Waals surface area contributed by atoms with Crippen LogP contribution in [-0.4, -0.2) is 49.6 Å². The number of anilines is 2. The van der Waals surface area contributed by atoms with E-state index >= 15 is 0 Å². The minimum Gasteiger partial charge on any atom is -0.490 e. The van der Waals surface area contributed by atoms with Gasteiger partial charge in [-0.15, -0.1) is 0 Å². The van der Waals surface area contributed by atoms with Gasteiger partial charge in [0, 0.05) is 21.0 Å². The highest BCUT2D eigenvalue weighted by Gasteiger charge is 2.56. The Balaban J connectivity index is 1.27. The summed E-state index contributed by atoms with van der Waals surface area (Å²) in [5.41, 5.74) is 1.45. The zero-order valence-electron chi connectivity index (χ0n) is 23.9. The molecule has 0 saturated carbocycles. The topological polar surface area (TPSA) is 178 Å². The Morgan fingerprint density at radius 2 is 1.72 bits per heavy atom. The Morgan fingerprint density at radius 3 is 2.39 bits per heavy atom. The van der Waals surface area contributed by atoms with Crippen LogP contribution in [0.3, 0.4) is 0 Å². The van der Waals surface area contributed by atoms with Gasteiger partial charge in [-0.3, -0.25) is 19.2 Å². The first-order chi connectivity index (χ1) is 21.9. The van der Waals surface area contributed by atoms with Crippen LogP contribution in [0, 0.1) is 5.92 Å². The van der Waals surface area contributed by atoms with Gasteiger partial charge < -0.3 is 19.8 Å². The Labute approximate surface area is 279 Å². The van der Waals surface area contributed by atoms with E-state index in [1.54, 1.807) is 49.4 Å². The number of carbonyl (C=O) groups excluding carboxylic acids is 3. The molecule has 3 amide bonds. The number of aromatic nitrogens is 1. The molecule has 4 aromatic rings. The van der Waals surface area contributed by atoms with Crippen LogP contribution in [0.15, 0.2) is 85.9 Å². The van der Waals surface area contributed by atoms with E-state index < -0.39 is 33.0 Å². The molecular formula is C30H25BrN4O8S3. The molecule has 6 rings (SSSR count). The molecule has 2 aliphatic rings. The molecular weight excluding hydrogens is 720 g/mol. The number of rotatable bonds is 9. The van der Waals surface area contributed by atoms with E-state index in [4.69, 9.17) is 14.6 Å². The molecule has 1 saturated heterocycles. The zero-order valence-corrected chi connectivity index (χ0v) is 27.9. The van der Waals surface area contributed by atoms with Gasteiger partial charge in [-0.25, -0.2) is 18.5 Å². The SMILES string of the molecule is CCOc1cc([C@H]2c3sc(=O)[nH]c3SC3C(=O)N(c4ccc(Br)cc4)C(=O)C32)ccc1OCC(=O)Nc1ccc(S(N)(=O)=O)cc1. The maximum atomic E-state index is 14.0. The van der Waals surface area contributed by atoms with E-state index in [0.717, 1.165) is 15.8 Å². The van der Waals surface area contributed by atoms with Gasteiger partial charge in [-0.05, 0) is 73.2 Å². The normalized spacial score (nSPS) is 19.0. The number of fused-ring (bicyclic) bond motifs is 2. The molecule has 0 spiro atoms. The molecule has 4 N–H and O–H groups in total. The van der Waals surface area contributed by atoms with Gasteiger partial charge in [0.25, 0.3) is 5.91 Å². The smallest absolute Gasteiger partial charge is 0.305 e. The Hall–Kier alpha value is -3.96. The molecule has 2 unspecified atom stereocenters. The molecule has 1 fully saturated rings. The molecule has 0 radical (unpaired) electrons. The number of benzene rings is 3. The second-order valence-corrected chi connectivity index (χ2v) is 14.9. The molecule has 0 aliphatic carbocycles. The van der Waals surface area contributed by atoms with Gasteiger partial charge in [0.2, 0.25) is 21.8 Å². The number of imide groups is 1. The third-order valence-electron chi connectivity index (χ3n) is 7.36. The molecule has 238 valence electrons.